The maximum absolute atomic E-state index is 9.91. The number of allylic oxidation sites excluding steroid dienone is 1. The molecular weight excluding hydrogens is 88.1 g/mol. The van der Waals surface area contributed by atoms with Crippen molar-refractivity contribution in [2.45, 2.75) is 20.8 Å². The first kappa shape index (κ1) is 6.54. The van der Waals surface area contributed by atoms with Gasteiger partial charge >= 0.3 is 0 Å². The summed E-state index contributed by atoms with van der Waals surface area (Å²) in [4.78, 5) is 0. The van der Waals surface area contributed by atoms with Crippen molar-refractivity contribution in [2.24, 2.45) is 5.92 Å². The third-order valence-electron chi connectivity index (χ3n) is 1.10. The predicted molar refractivity (Wildman–Crippen MR) is 29.3 cm³/mol. The SMILES string of the molecule is CC(=C[O])C(C)C. The van der Waals surface area contributed by atoms with Crippen LogP contribution in [0.4, 0.5) is 0 Å². The fourth-order valence-corrected chi connectivity index (χ4v) is 0.136. The van der Waals surface area contributed by atoms with Crippen LogP contribution in [0.5, 0.6) is 0 Å². The molecule has 0 aliphatic heterocycles. The Kier molecular flexibility index (Phi) is 2.49. The lowest BCUT2D eigenvalue weighted by Gasteiger charge is -1.97. The zero-order valence-electron chi connectivity index (χ0n) is 5.06. The standard InChI is InChI=1S/C6H11O/c1-5(2)6(3)4-7/h4-5H,1-3H3. The molecule has 1 nitrogen and oxygen atoms in total. The van der Waals surface area contributed by atoms with Gasteiger partial charge in [0.2, 0.25) is 0 Å². The lowest BCUT2D eigenvalue weighted by Crippen LogP contribution is -1.86. The maximum atomic E-state index is 9.91. The molecule has 0 fully saturated rings. The van der Waals surface area contributed by atoms with Crippen LogP contribution >= 0.6 is 0 Å². The van der Waals surface area contributed by atoms with Crippen molar-refractivity contribution in [1.82, 2.24) is 0 Å². The Bertz CT molecular complexity index is 72.2. The molecule has 0 saturated heterocycles. The van der Waals surface area contributed by atoms with E-state index in [2.05, 4.69) is 0 Å². The molecule has 0 aliphatic carbocycles. The van der Waals surface area contributed by atoms with E-state index in [0.717, 1.165) is 11.8 Å². The summed E-state index contributed by atoms with van der Waals surface area (Å²) >= 11 is 0. The van der Waals surface area contributed by atoms with Crippen LogP contribution in [-0.2, 0) is 5.11 Å². The molecule has 0 heterocycles. The van der Waals surface area contributed by atoms with Gasteiger partial charge < -0.3 is 0 Å². The van der Waals surface area contributed by atoms with E-state index in [9.17, 15) is 5.11 Å². The van der Waals surface area contributed by atoms with Crippen molar-refractivity contribution in [3.05, 3.63) is 11.8 Å². The van der Waals surface area contributed by atoms with Gasteiger partial charge in [-0.15, -0.1) is 0 Å². The lowest BCUT2D eigenvalue weighted by atomic mass is 10.1. The first-order chi connectivity index (χ1) is 3.18. The molecule has 41 valence electrons. The summed E-state index contributed by atoms with van der Waals surface area (Å²) in [6.45, 7) is 5.85. The number of hydrogen-bond acceptors (Lipinski definition) is 0. The van der Waals surface area contributed by atoms with E-state index in [1.807, 2.05) is 20.8 Å². The van der Waals surface area contributed by atoms with Crippen LogP contribution in [0, 0.1) is 5.92 Å². The van der Waals surface area contributed by atoms with E-state index in [4.69, 9.17) is 0 Å². The normalized spacial score (nSPS) is 12.9. The third-order valence-corrected chi connectivity index (χ3v) is 1.10. The van der Waals surface area contributed by atoms with Crippen molar-refractivity contribution in [1.29, 1.82) is 0 Å². The van der Waals surface area contributed by atoms with Gasteiger partial charge in [0.1, 0.15) is 6.26 Å². The number of rotatable bonds is 1. The van der Waals surface area contributed by atoms with Gasteiger partial charge in [0, 0.05) is 0 Å². The highest BCUT2D eigenvalue weighted by Crippen LogP contribution is 2.05. The van der Waals surface area contributed by atoms with Crippen LogP contribution in [0.2, 0.25) is 0 Å². The number of hydrogen-bond donors (Lipinski definition) is 0. The summed E-state index contributed by atoms with van der Waals surface area (Å²) in [5.74, 6) is 0.414. The highest BCUT2D eigenvalue weighted by molar-refractivity contribution is 4.94. The van der Waals surface area contributed by atoms with Crippen molar-refractivity contribution < 1.29 is 5.11 Å². The molecule has 0 spiro atoms. The second kappa shape index (κ2) is 2.67. The van der Waals surface area contributed by atoms with Crippen molar-refractivity contribution in [3.63, 3.8) is 0 Å². The van der Waals surface area contributed by atoms with Crippen LogP contribution in [-0.4, -0.2) is 0 Å². The molecule has 7 heavy (non-hydrogen) atoms. The predicted octanol–water partition coefficient (Wildman–Crippen LogP) is 1.98. The van der Waals surface area contributed by atoms with Gasteiger partial charge in [-0.05, 0) is 18.4 Å². The summed E-state index contributed by atoms with van der Waals surface area (Å²) in [5, 5.41) is 9.91. The quantitative estimate of drug-likeness (QED) is 0.448. The first-order valence-electron chi connectivity index (χ1n) is 2.47. The third kappa shape index (κ3) is 2.26. The minimum Gasteiger partial charge on any atom is -0.299 e. The monoisotopic (exact) mass is 99.1 g/mol. The minimum absolute atomic E-state index is 0.414. The summed E-state index contributed by atoms with van der Waals surface area (Å²) < 4.78 is 0. The molecule has 1 radical (unpaired) electrons. The molecule has 0 amide bonds. The van der Waals surface area contributed by atoms with Gasteiger partial charge in [0.05, 0.1) is 0 Å². The van der Waals surface area contributed by atoms with Crippen LogP contribution in [0.3, 0.4) is 0 Å². The Balaban J connectivity index is 3.56. The molecule has 0 aromatic rings. The van der Waals surface area contributed by atoms with Crippen LogP contribution < -0.4 is 0 Å². The summed E-state index contributed by atoms with van der Waals surface area (Å²) in [5.41, 5.74) is 0.917. The molecule has 0 N–H and O–H groups in total. The Morgan fingerprint density at radius 3 is 2.00 bits per heavy atom. The van der Waals surface area contributed by atoms with Gasteiger partial charge in [0.25, 0.3) is 0 Å². The summed E-state index contributed by atoms with van der Waals surface area (Å²) in [6, 6.07) is 0. The zero-order valence-corrected chi connectivity index (χ0v) is 5.06. The largest absolute Gasteiger partial charge is 0.299 e. The fraction of sp³-hybridized carbons (Fsp3) is 0.667. The highest BCUT2D eigenvalue weighted by atomic mass is 16.2. The van der Waals surface area contributed by atoms with E-state index in [0.29, 0.717) is 5.92 Å². The Morgan fingerprint density at radius 2 is 2.00 bits per heavy atom. The van der Waals surface area contributed by atoms with Gasteiger partial charge in [-0.2, -0.15) is 0 Å². The average Bonchev–Trinajstić information content (AvgIpc) is 1.65. The van der Waals surface area contributed by atoms with Crippen LogP contribution in [0.1, 0.15) is 20.8 Å². The Labute approximate surface area is 44.7 Å². The maximum Gasteiger partial charge on any atom is 0.142 e. The van der Waals surface area contributed by atoms with Gasteiger partial charge in [0.15, 0.2) is 0 Å². The van der Waals surface area contributed by atoms with E-state index in [1.54, 1.807) is 0 Å². The highest BCUT2D eigenvalue weighted by Gasteiger charge is 1.93. The first-order valence-corrected chi connectivity index (χ1v) is 2.47. The lowest BCUT2D eigenvalue weighted by molar-refractivity contribution is 0.342. The molecule has 0 aromatic carbocycles. The molecular formula is C6H11O. The van der Waals surface area contributed by atoms with Crippen LogP contribution in [0.25, 0.3) is 0 Å². The summed E-state index contributed by atoms with van der Waals surface area (Å²) in [7, 11) is 0. The Hall–Kier alpha value is -0.460. The molecule has 0 bridgehead atoms. The average molecular weight is 99.2 g/mol. The van der Waals surface area contributed by atoms with E-state index in [1.165, 1.54) is 0 Å². The molecule has 0 aliphatic rings. The molecule has 0 saturated carbocycles. The van der Waals surface area contributed by atoms with Gasteiger partial charge in [-0.1, -0.05) is 13.8 Å². The van der Waals surface area contributed by atoms with Crippen LogP contribution in [0.15, 0.2) is 11.8 Å². The topological polar surface area (TPSA) is 19.9 Å². The second-order valence-corrected chi connectivity index (χ2v) is 2.02. The van der Waals surface area contributed by atoms with Crippen molar-refractivity contribution >= 4 is 0 Å². The van der Waals surface area contributed by atoms with Crippen molar-refractivity contribution in [2.75, 3.05) is 0 Å². The van der Waals surface area contributed by atoms with E-state index in [-0.39, 0.29) is 0 Å². The fourth-order valence-electron chi connectivity index (χ4n) is 0.136. The summed E-state index contributed by atoms with van der Waals surface area (Å²) in [6.07, 6.45) is 0.907. The van der Waals surface area contributed by atoms with Gasteiger partial charge in [-0.3, -0.25) is 5.11 Å². The molecule has 0 aromatic heterocycles. The van der Waals surface area contributed by atoms with E-state index < -0.39 is 0 Å². The van der Waals surface area contributed by atoms with Gasteiger partial charge in [-0.25, -0.2) is 0 Å². The smallest absolute Gasteiger partial charge is 0.142 e. The molecule has 0 atom stereocenters. The minimum atomic E-state index is 0.414. The molecule has 0 rings (SSSR count). The zero-order chi connectivity index (χ0) is 5.86. The van der Waals surface area contributed by atoms with Crippen molar-refractivity contribution in [3.8, 4) is 0 Å². The molecule has 1 heteroatoms. The second-order valence-electron chi connectivity index (χ2n) is 2.02. The molecule has 0 unspecified atom stereocenters. The van der Waals surface area contributed by atoms with E-state index >= 15 is 0 Å². The Morgan fingerprint density at radius 1 is 1.57 bits per heavy atom.